The normalized spacial score (nSPS) is 25.4. The monoisotopic (exact) mass is 452 g/mol. The van der Waals surface area contributed by atoms with Gasteiger partial charge in [0.15, 0.2) is 18.3 Å². The number of carbonyl (C=O) groups is 4. The van der Waals surface area contributed by atoms with Gasteiger partial charge in [0.05, 0.1) is 12.5 Å². The molecular weight excluding hydrogens is 424 g/mol. The Morgan fingerprint density at radius 1 is 0.871 bits per heavy atom. The van der Waals surface area contributed by atoms with Crippen LogP contribution in [0.25, 0.3) is 0 Å². The number of hydrogen-bond donors (Lipinski definition) is 0. The smallest absolute Gasteiger partial charge is 0.306 e. The highest BCUT2D eigenvalue weighted by Crippen LogP contribution is 2.37. The molecule has 1 saturated heterocycles. The van der Waals surface area contributed by atoms with E-state index < -0.39 is 47.8 Å². The van der Waals surface area contributed by atoms with Crippen LogP contribution >= 0.6 is 11.8 Å². The standard InChI is InChI=1S/C22H28O8S/c1-12-6-9-17(10-7-12)31-22-21(29-16(5)25)20(30-18(26)11-8-13(2)23)19(14(3)27-22)28-15(4)24/h6-7,9-10,14,19-22H,8,11H2,1-5H3/t14-,19-,20+,21+,22-/m0/s1. The van der Waals surface area contributed by atoms with Crippen LogP contribution in [0, 0.1) is 6.92 Å². The zero-order valence-electron chi connectivity index (χ0n) is 18.3. The van der Waals surface area contributed by atoms with Gasteiger partial charge in [0.2, 0.25) is 0 Å². The van der Waals surface area contributed by atoms with E-state index in [9.17, 15) is 19.2 Å². The van der Waals surface area contributed by atoms with E-state index in [0.29, 0.717) is 0 Å². The largest absolute Gasteiger partial charge is 0.456 e. The number of thioether (sulfide) groups is 1. The zero-order valence-corrected chi connectivity index (χ0v) is 19.1. The molecule has 8 nitrogen and oxygen atoms in total. The predicted octanol–water partition coefficient (Wildman–Crippen LogP) is 2.98. The Morgan fingerprint density at radius 2 is 1.45 bits per heavy atom. The fourth-order valence-electron chi connectivity index (χ4n) is 3.11. The second-order valence-corrected chi connectivity index (χ2v) is 8.62. The number of Topliss-reactive ketones (excluding diaryl/α,β-unsaturated/α-hetero) is 1. The van der Waals surface area contributed by atoms with Gasteiger partial charge in [0, 0.05) is 25.2 Å². The van der Waals surface area contributed by atoms with Crippen molar-refractivity contribution in [2.75, 3.05) is 0 Å². The van der Waals surface area contributed by atoms with Gasteiger partial charge in [-0.05, 0) is 32.9 Å². The predicted molar refractivity (Wildman–Crippen MR) is 112 cm³/mol. The average Bonchev–Trinajstić information content (AvgIpc) is 2.67. The Labute approximate surface area is 185 Å². The molecule has 1 heterocycles. The summed E-state index contributed by atoms with van der Waals surface area (Å²) in [6, 6.07) is 7.70. The second kappa shape index (κ2) is 11.3. The van der Waals surface area contributed by atoms with Crippen LogP contribution in [-0.2, 0) is 38.1 Å². The minimum absolute atomic E-state index is 0.0234. The summed E-state index contributed by atoms with van der Waals surface area (Å²) in [4.78, 5) is 48.0. The summed E-state index contributed by atoms with van der Waals surface area (Å²) in [7, 11) is 0. The molecule has 0 aliphatic carbocycles. The Hall–Kier alpha value is -2.39. The number of rotatable bonds is 8. The molecule has 1 fully saturated rings. The molecule has 170 valence electrons. The highest BCUT2D eigenvalue weighted by Gasteiger charge is 2.50. The number of benzene rings is 1. The van der Waals surface area contributed by atoms with Crippen LogP contribution in [0.3, 0.4) is 0 Å². The lowest BCUT2D eigenvalue weighted by Gasteiger charge is -2.43. The van der Waals surface area contributed by atoms with Crippen LogP contribution in [0.15, 0.2) is 29.2 Å². The van der Waals surface area contributed by atoms with Gasteiger partial charge < -0.3 is 23.7 Å². The molecule has 31 heavy (non-hydrogen) atoms. The lowest BCUT2D eigenvalue weighted by atomic mass is 10.00. The summed E-state index contributed by atoms with van der Waals surface area (Å²) in [5.74, 6) is -1.98. The Bertz CT molecular complexity index is 806. The van der Waals surface area contributed by atoms with Crippen molar-refractivity contribution in [3.8, 4) is 0 Å². The second-order valence-electron chi connectivity index (χ2n) is 7.45. The number of ketones is 1. The van der Waals surface area contributed by atoms with Gasteiger partial charge in [-0.25, -0.2) is 0 Å². The number of hydrogen-bond acceptors (Lipinski definition) is 9. The molecule has 0 spiro atoms. The third kappa shape index (κ3) is 7.66. The number of carbonyl (C=O) groups excluding carboxylic acids is 4. The highest BCUT2D eigenvalue weighted by atomic mass is 32.2. The average molecular weight is 453 g/mol. The van der Waals surface area contributed by atoms with E-state index in [1.165, 1.54) is 32.5 Å². The van der Waals surface area contributed by atoms with Crippen LogP contribution in [0.5, 0.6) is 0 Å². The molecule has 1 aromatic rings. The molecular formula is C22H28O8S. The first-order valence-corrected chi connectivity index (χ1v) is 10.9. The van der Waals surface area contributed by atoms with Crippen LogP contribution in [0.2, 0.25) is 0 Å². The Balaban J connectivity index is 2.32. The highest BCUT2D eigenvalue weighted by molar-refractivity contribution is 7.99. The lowest BCUT2D eigenvalue weighted by molar-refractivity contribution is -0.229. The van der Waals surface area contributed by atoms with Crippen molar-refractivity contribution in [1.82, 2.24) is 0 Å². The van der Waals surface area contributed by atoms with Crippen molar-refractivity contribution in [2.45, 2.75) is 82.2 Å². The van der Waals surface area contributed by atoms with Gasteiger partial charge in [-0.1, -0.05) is 29.5 Å². The quantitative estimate of drug-likeness (QED) is 0.435. The fraction of sp³-hybridized carbons (Fsp3) is 0.545. The molecule has 1 aliphatic rings. The van der Waals surface area contributed by atoms with E-state index in [1.807, 2.05) is 31.2 Å². The summed E-state index contributed by atoms with van der Waals surface area (Å²) in [6.45, 7) is 7.50. The van der Waals surface area contributed by atoms with Gasteiger partial charge in [0.25, 0.3) is 0 Å². The molecule has 1 aromatic carbocycles. The lowest BCUT2D eigenvalue weighted by Crippen LogP contribution is -2.59. The zero-order chi connectivity index (χ0) is 23.1. The Morgan fingerprint density at radius 3 is 2.00 bits per heavy atom. The van der Waals surface area contributed by atoms with Crippen LogP contribution in [0.1, 0.15) is 46.1 Å². The maximum atomic E-state index is 12.4. The molecule has 0 aromatic heterocycles. The first-order chi connectivity index (χ1) is 14.6. The van der Waals surface area contributed by atoms with Crippen molar-refractivity contribution in [2.24, 2.45) is 0 Å². The maximum absolute atomic E-state index is 12.4. The number of ether oxygens (including phenoxy) is 4. The molecule has 5 atom stereocenters. The summed E-state index contributed by atoms with van der Waals surface area (Å²) in [6.07, 6.45) is -3.82. The van der Waals surface area contributed by atoms with E-state index in [0.717, 1.165) is 10.5 Å². The SMILES string of the molecule is CC(=O)CCC(=O)O[C@@H]1[C@@H](OC(C)=O)[C@H](C)O[C@@H](Sc2ccc(C)cc2)[C@@H]1OC(C)=O. The van der Waals surface area contributed by atoms with Crippen molar-refractivity contribution in [3.05, 3.63) is 29.8 Å². The molecule has 9 heteroatoms. The summed E-state index contributed by atoms with van der Waals surface area (Å²) >= 11 is 1.31. The van der Waals surface area contributed by atoms with Crippen molar-refractivity contribution in [1.29, 1.82) is 0 Å². The Kier molecular flexibility index (Phi) is 9.06. The molecule has 1 aliphatic heterocycles. The van der Waals surface area contributed by atoms with E-state index in [1.54, 1.807) is 6.92 Å². The third-order valence-corrected chi connectivity index (χ3v) is 5.71. The summed E-state index contributed by atoms with van der Waals surface area (Å²) in [5.41, 5.74) is 0.380. The van der Waals surface area contributed by atoms with Gasteiger partial charge in [0.1, 0.15) is 11.2 Å². The molecule has 0 amide bonds. The van der Waals surface area contributed by atoms with Gasteiger partial charge >= 0.3 is 17.9 Å². The van der Waals surface area contributed by atoms with Crippen LogP contribution < -0.4 is 0 Å². The molecule has 0 radical (unpaired) electrons. The third-order valence-electron chi connectivity index (χ3n) is 4.55. The summed E-state index contributed by atoms with van der Waals surface area (Å²) in [5, 5.41) is 0. The van der Waals surface area contributed by atoms with E-state index in [2.05, 4.69) is 0 Å². The first-order valence-electron chi connectivity index (χ1n) is 9.99. The van der Waals surface area contributed by atoms with Gasteiger partial charge in [-0.15, -0.1) is 0 Å². The fourth-order valence-corrected chi connectivity index (χ4v) is 4.25. The van der Waals surface area contributed by atoms with Crippen molar-refractivity contribution < 1.29 is 38.1 Å². The van der Waals surface area contributed by atoms with Crippen LogP contribution in [0.4, 0.5) is 0 Å². The number of esters is 3. The first kappa shape index (κ1) is 24.9. The molecule has 2 rings (SSSR count). The molecule has 0 unspecified atom stereocenters. The minimum atomic E-state index is -1.08. The van der Waals surface area contributed by atoms with E-state index >= 15 is 0 Å². The molecule has 0 bridgehead atoms. The molecule has 0 N–H and O–H groups in total. The summed E-state index contributed by atoms with van der Waals surface area (Å²) < 4.78 is 22.4. The van der Waals surface area contributed by atoms with Crippen molar-refractivity contribution in [3.63, 3.8) is 0 Å². The van der Waals surface area contributed by atoms with Crippen molar-refractivity contribution >= 4 is 35.5 Å². The van der Waals surface area contributed by atoms with Gasteiger partial charge in [-0.2, -0.15) is 0 Å². The minimum Gasteiger partial charge on any atom is -0.456 e. The topological polar surface area (TPSA) is 105 Å². The van der Waals surface area contributed by atoms with Gasteiger partial charge in [-0.3, -0.25) is 14.4 Å². The maximum Gasteiger partial charge on any atom is 0.306 e. The molecule has 0 saturated carbocycles. The van der Waals surface area contributed by atoms with Crippen LogP contribution in [-0.4, -0.2) is 53.5 Å². The number of aryl methyl sites for hydroxylation is 1. The van der Waals surface area contributed by atoms with E-state index in [-0.39, 0.29) is 18.6 Å². The van der Waals surface area contributed by atoms with E-state index in [4.69, 9.17) is 18.9 Å².